The van der Waals surface area contributed by atoms with E-state index in [0.717, 1.165) is 24.9 Å². The van der Waals surface area contributed by atoms with Gasteiger partial charge in [-0.15, -0.1) is 0 Å². The molecule has 0 aromatic rings. The fourth-order valence-electron chi connectivity index (χ4n) is 2.40. The van der Waals surface area contributed by atoms with Gasteiger partial charge >= 0.3 is 7.05 Å². The van der Waals surface area contributed by atoms with E-state index in [4.69, 9.17) is 5.02 Å². The summed E-state index contributed by atoms with van der Waals surface area (Å²) in [6.45, 7) is 3.90. The molecule has 0 saturated heterocycles. The van der Waals surface area contributed by atoms with Crippen LogP contribution in [0.3, 0.4) is 0 Å². The summed E-state index contributed by atoms with van der Waals surface area (Å²) in [5.74, 6) is 1.60. The van der Waals surface area contributed by atoms with Gasteiger partial charge in [0.2, 0.25) is 0 Å². The maximum Gasteiger partial charge on any atom is 0.373 e. The summed E-state index contributed by atoms with van der Waals surface area (Å²) < 4.78 is 0. The van der Waals surface area contributed by atoms with Crippen molar-refractivity contribution in [3.8, 4) is 0 Å². The number of hydrogen-bond donors (Lipinski definition) is 3. The normalized spacial score (nSPS) is 27.6. The predicted octanol–water partition coefficient (Wildman–Crippen LogP) is 0.712. The number of hydrogen-bond acceptors (Lipinski definition) is 3. The molecule has 1 saturated carbocycles. The second-order valence-electron chi connectivity index (χ2n) is 4.54. The molecule has 0 aliphatic heterocycles. The van der Waals surface area contributed by atoms with Crippen molar-refractivity contribution in [1.29, 1.82) is 0 Å². The Morgan fingerprint density at radius 1 is 1.29 bits per heavy atom. The summed E-state index contributed by atoms with van der Waals surface area (Å²) in [5.41, 5.74) is 0. The molecule has 2 atom stereocenters. The third-order valence-corrected chi connectivity index (χ3v) is 3.09. The fourth-order valence-corrected chi connectivity index (χ4v) is 2.40. The highest BCUT2D eigenvalue weighted by Gasteiger charge is 2.21. The Hall–Kier alpha value is -0.0551. The van der Waals surface area contributed by atoms with E-state index in [1.807, 2.05) is 7.05 Å². The molecule has 1 aliphatic rings. The molecule has 4 heteroatoms. The molecule has 3 nitrogen and oxygen atoms in total. The number of nitrogens with one attached hydrogen (secondary N) is 2. The summed E-state index contributed by atoms with van der Waals surface area (Å²) in [7, 11) is 1.66. The molecule has 1 rings (SSSR count). The van der Waals surface area contributed by atoms with Crippen molar-refractivity contribution in [2.75, 3.05) is 20.1 Å². The van der Waals surface area contributed by atoms with Crippen LogP contribution < -0.4 is 10.5 Å². The van der Waals surface area contributed by atoms with E-state index in [9.17, 15) is 0 Å². The van der Waals surface area contributed by atoms with Crippen LogP contribution in [0, 0.1) is 11.8 Å². The fraction of sp³-hybridized carbons (Fsp3) is 1.00. The van der Waals surface area contributed by atoms with E-state index in [0.29, 0.717) is 0 Å². The van der Waals surface area contributed by atoms with E-state index in [-0.39, 0.29) is 7.05 Å². The maximum absolute atomic E-state index is 9.13. The molecule has 0 heterocycles. The van der Waals surface area contributed by atoms with Crippen molar-refractivity contribution in [3.05, 3.63) is 0 Å². The summed E-state index contributed by atoms with van der Waals surface area (Å²) in [5, 5.41) is 15.5. The first kappa shape index (κ1) is 12.0. The van der Waals surface area contributed by atoms with Crippen molar-refractivity contribution in [3.63, 3.8) is 0 Å². The molecular formula is C10H23BN2O. The van der Waals surface area contributed by atoms with Gasteiger partial charge < -0.3 is 15.6 Å². The van der Waals surface area contributed by atoms with Crippen LogP contribution >= 0.6 is 0 Å². The number of rotatable bonds is 5. The van der Waals surface area contributed by atoms with Crippen molar-refractivity contribution in [2.45, 2.75) is 32.5 Å². The van der Waals surface area contributed by atoms with Crippen LogP contribution in [0.15, 0.2) is 0 Å². The van der Waals surface area contributed by atoms with Gasteiger partial charge in [0.05, 0.1) is 0 Å². The standard InChI is InChI=1S/C10H23BN2O/c1-11(14)13-8-10-5-3-4-9(6-10)7-12-2/h9-10,12-14H,3-8H2,1-2H3/t9-,10+/m0/s1. The van der Waals surface area contributed by atoms with E-state index >= 15 is 0 Å². The van der Waals surface area contributed by atoms with Crippen LogP contribution in [0.2, 0.25) is 6.82 Å². The van der Waals surface area contributed by atoms with Gasteiger partial charge in [0, 0.05) is 0 Å². The summed E-state index contributed by atoms with van der Waals surface area (Å²) in [6, 6.07) is 0. The molecule has 0 radical (unpaired) electrons. The van der Waals surface area contributed by atoms with Crippen LogP contribution in [0.4, 0.5) is 0 Å². The minimum atomic E-state index is -0.361. The lowest BCUT2D eigenvalue weighted by Gasteiger charge is -2.29. The highest BCUT2D eigenvalue weighted by molar-refractivity contribution is 6.45. The van der Waals surface area contributed by atoms with Gasteiger partial charge in [-0.05, 0) is 58.1 Å². The van der Waals surface area contributed by atoms with E-state index < -0.39 is 0 Å². The largest absolute Gasteiger partial charge is 0.437 e. The van der Waals surface area contributed by atoms with Crippen molar-refractivity contribution < 1.29 is 5.02 Å². The van der Waals surface area contributed by atoms with Crippen LogP contribution in [-0.4, -0.2) is 32.2 Å². The zero-order chi connectivity index (χ0) is 10.4. The molecule has 0 spiro atoms. The smallest absolute Gasteiger partial charge is 0.373 e. The summed E-state index contributed by atoms with van der Waals surface area (Å²) in [6.07, 6.45) is 5.34. The molecule has 1 aliphatic carbocycles. The minimum absolute atomic E-state index is 0.361. The van der Waals surface area contributed by atoms with Gasteiger partial charge in [-0.3, -0.25) is 0 Å². The zero-order valence-electron chi connectivity index (χ0n) is 9.42. The first-order valence-electron chi connectivity index (χ1n) is 5.78. The molecule has 0 aromatic carbocycles. The topological polar surface area (TPSA) is 44.3 Å². The molecule has 1 fully saturated rings. The summed E-state index contributed by atoms with van der Waals surface area (Å²) >= 11 is 0. The Labute approximate surface area is 87.8 Å². The second-order valence-corrected chi connectivity index (χ2v) is 4.54. The SMILES string of the molecule is CNC[C@H]1CCC[C@@H](CNB(C)O)C1. The summed E-state index contributed by atoms with van der Waals surface area (Å²) in [4.78, 5) is 0. The monoisotopic (exact) mass is 198 g/mol. The van der Waals surface area contributed by atoms with Crippen LogP contribution in [-0.2, 0) is 0 Å². The lowest BCUT2D eigenvalue weighted by molar-refractivity contribution is 0.262. The third kappa shape index (κ3) is 4.44. The lowest BCUT2D eigenvalue weighted by Crippen LogP contribution is -2.37. The van der Waals surface area contributed by atoms with Crippen LogP contribution in [0.25, 0.3) is 0 Å². The molecule has 0 bridgehead atoms. The zero-order valence-corrected chi connectivity index (χ0v) is 9.42. The molecule has 14 heavy (non-hydrogen) atoms. The highest BCUT2D eigenvalue weighted by atomic mass is 16.2. The Morgan fingerprint density at radius 2 is 1.93 bits per heavy atom. The van der Waals surface area contributed by atoms with E-state index in [2.05, 4.69) is 10.5 Å². The third-order valence-electron chi connectivity index (χ3n) is 3.09. The highest BCUT2D eigenvalue weighted by Crippen LogP contribution is 2.27. The van der Waals surface area contributed by atoms with Gasteiger partial charge in [-0.1, -0.05) is 6.42 Å². The first-order chi connectivity index (χ1) is 6.72. The van der Waals surface area contributed by atoms with Gasteiger partial charge in [0.25, 0.3) is 0 Å². The average molecular weight is 198 g/mol. The maximum atomic E-state index is 9.13. The van der Waals surface area contributed by atoms with Crippen molar-refractivity contribution in [1.82, 2.24) is 10.5 Å². The lowest BCUT2D eigenvalue weighted by atomic mass is 9.79. The molecule has 3 N–H and O–H groups in total. The van der Waals surface area contributed by atoms with Gasteiger partial charge in [-0.2, -0.15) is 0 Å². The molecule has 82 valence electrons. The average Bonchev–Trinajstić information content (AvgIpc) is 2.16. The van der Waals surface area contributed by atoms with Crippen LogP contribution in [0.1, 0.15) is 25.7 Å². The quantitative estimate of drug-likeness (QED) is 0.570. The Morgan fingerprint density at radius 3 is 2.50 bits per heavy atom. The van der Waals surface area contributed by atoms with Crippen LogP contribution in [0.5, 0.6) is 0 Å². The van der Waals surface area contributed by atoms with Crippen molar-refractivity contribution >= 4 is 7.05 Å². The predicted molar refractivity (Wildman–Crippen MR) is 61.2 cm³/mol. The molecular weight excluding hydrogens is 175 g/mol. The van der Waals surface area contributed by atoms with Gasteiger partial charge in [0.15, 0.2) is 0 Å². The molecule has 0 aromatic heterocycles. The van der Waals surface area contributed by atoms with Gasteiger partial charge in [-0.25, -0.2) is 0 Å². The van der Waals surface area contributed by atoms with Gasteiger partial charge in [0.1, 0.15) is 0 Å². The molecule has 0 amide bonds. The Balaban J connectivity index is 2.18. The molecule has 0 unspecified atom stereocenters. The Kier molecular flexibility index (Phi) is 5.52. The Bertz CT molecular complexity index is 153. The minimum Gasteiger partial charge on any atom is -0.437 e. The van der Waals surface area contributed by atoms with Crippen molar-refractivity contribution in [2.24, 2.45) is 11.8 Å². The second kappa shape index (κ2) is 6.43. The van der Waals surface area contributed by atoms with E-state index in [1.54, 1.807) is 6.82 Å². The van der Waals surface area contributed by atoms with E-state index in [1.165, 1.54) is 25.7 Å². The first-order valence-corrected chi connectivity index (χ1v) is 5.78.